The van der Waals surface area contributed by atoms with Crippen LogP contribution >= 0.6 is 15.9 Å². The fourth-order valence-corrected chi connectivity index (χ4v) is 2.10. The highest BCUT2D eigenvalue weighted by molar-refractivity contribution is 9.10. The molecule has 0 spiro atoms. The molecule has 5 nitrogen and oxygen atoms in total. The number of anilines is 1. The topological polar surface area (TPSA) is 51.5 Å². The van der Waals surface area contributed by atoms with E-state index in [1.54, 1.807) is 11.6 Å². The molecular weight excluding hydrogens is 296 g/mol. The van der Waals surface area contributed by atoms with Gasteiger partial charge in [-0.25, -0.2) is 4.52 Å². The fourth-order valence-electron chi connectivity index (χ4n) is 1.68. The highest BCUT2D eigenvalue weighted by Crippen LogP contribution is 2.18. The van der Waals surface area contributed by atoms with E-state index >= 15 is 0 Å². The number of hydrogen-bond donors (Lipinski definition) is 1. The molecule has 1 atom stereocenters. The summed E-state index contributed by atoms with van der Waals surface area (Å²) in [6.45, 7) is 4.92. The van der Waals surface area contributed by atoms with E-state index in [1.807, 2.05) is 18.3 Å². The van der Waals surface area contributed by atoms with Crippen molar-refractivity contribution in [2.45, 2.75) is 19.9 Å². The first-order chi connectivity index (χ1) is 8.61. The number of aromatic nitrogens is 3. The molecule has 1 unspecified atom stereocenters. The van der Waals surface area contributed by atoms with Gasteiger partial charge in [-0.1, -0.05) is 13.8 Å². The molecule has 0 saturated heterocycles. The first-order valence-corrected chi connectivity index (χ1v) is 6.67. The smallest absolute Gasteiger partial charge is 0.243 e. The minimum absolute atomic E-state index is 0.200. The Labute approximate surface area is 115 Å². The minimum atomic E-state index is 0.200. The molecule has 0 saturated carbocycles. The Balaban J connectivity index is 2.23. The van der Waals surface area contributed by atoms with E-state index in [0.29, 0.717) is 18.5 Å². The molecule has 98 valence electrons. The third-order valence-electron chi connectivity index (χ3n) is 2.78. The molecule has 1 N–H and O–H groups in total. The molecule has 2 heterocycles. The molecule has 0 aliphatic heterocycles. The SMILES string of the molecule is COCC(Nc1nc2c(Br)cccn2n1)C(C)C. The number of pyridine rings is 1. The summed E-state index contributed by atoms with van der Waals surface area (Å²) in [5, 5.41) is 7.69. The van der Waals surface area contributed by atoms with Crippen LogP contribution in [-0.2, 0) is 4.74 Å². The molecule has 0 aliphatic carbocycles. The zero-order valence-corrected chi connectivity index (χ0v) is 12.3. The van der Waals surface area contributed by atoms with Crippen molar-refractivity contribution < 1.29 is 4.74 Å². The summed E-state index contributed by atoms with van der Waals surface area (Å²) in [7, 11) is 1.70. The van der Waals surface area contributed by atoms with Crippen LogP contribution in [0.25, 0.3) is 5.65 Å². The van der Waals surface area contributed by atoms with Crippen LogP contribution in [0, 0.1) is 5.92 Å². The van der Waals surface area contributed by atoms with Gasteiger partial charge in [0.1, 0.15) is 0 Å². The van der Waals surface area contributed by atoms with Crippen molar-refractivity contribution in [2.24, 2.45) is 5.92 Å². The van der Waals surface area contributed by atoms with Crippen LogP contribution in [-0.4, -0.2) is 34.4 Å². The normalized spacial score (nSPS) is 13.2. The van der Waals surface area contributed by atoms with E-state index in [4.69, 9.17) is 4.74 Å². The molecule has 0 amide bonds. The van der Waals surface area contributed by atoms with Crippen LogP contribution in [0.4, 0.5) is 5.95 Å². The Morgan fingerprint density at radius 1 is 1.50 bits per heavy atom. The average molecular weight is 313 g/mol. The number of ether oxygens (including phenoxy) is 1. The maximum Gasteiger partial charge on any atom is 0.243 e. The number of hydrogen-bond acceptors (Lipinski definition) is 4. The molecule has 0 aromatic carbocycles. The molecule has 0 aliphatic rings. The van der Waals surface area contributed by atoms with Gasteiger partial charge < -0.3 is 10.1 Å². The summed E-state index contributed by atoms with van der Waals surface area (Å²) in [6.07, 6.45) is 1.87. The summed E-state index contributed by atoms with van der Waals surface area (Å²) in [6, 6.07) is 4.07. The first-order valence-electron chi connectivity index (χ1n) is 5.88. The Hall–Kier alpha value is -1.14. The number of nitrogens with one attached hydrogen (secondary N) is 1. The second-order valence-electron chi connectivity index (χ2n) is 4.51. The minimum Gasteiger partial charge on any atom is -0.383 e. The van der Waals surface area contributed by atoms with Crippen molar-refractivity contribution in [3.05, 3.63) is 22.8 Å². The number of nitrogens with zero attached hydrogens (tertiary/aromatic N) is 3. The van der Waals surface area contributed by atoms with Crippen LogP contribution in [0.15, 0.2) is 22.8 Å². The van der Waals surface area contributed by atoms with Crippen molar-refractivity contribution in [1.82, 2.24) is 14.6 Å². The summed E-state index contributed by atoms with van der Waals surface area (Å²) in [5.74, 6) is 1.07. The van der Waals surface area contributed by atoms with Crippen molar-refractivity contribution >= 4 is 27.5 Å². The zero-order chi connectivity index (χ0) is 13.1. The fraction of sp³-hybridized carbons (Fsp3) is 0.500. The second-order valence-corrected chi connectivity index (χ2v) is 5.36. The van der Waals surface area contributed by atoms with Crippen LogP contribution in [0.5, 0.6) is 0 Å². The van der Waals surface area contributed by atoms with Gasteiger partial charge in [-0.2, -0.15) is 4.98 Å². The van der Waals surface area contributed by atoms with Gasteiger partial charge in [-0.15, -0.1) is 5.10 Å². The van der Waals surface area contributed by atoms with Crippen LogP contribution < -0.4 is 5.32 Å². The van der Waals surface area contributed by atoms with Crippen LogP contribution in [0.3, 0.4) is 0 Å². The first kappa shape index (κ1) is 13.3. The van der Waals surface area contributed by atoms with Gasteiger partial charge in [0.2, 0.25) is 5.95 Å². The Bertz CT molecular complexity index is 526. The van der Waals surface area contributed by atoms with Crippen molar-refractivity contribution in [1.29, 1.82) is 0 Å². The molecule has 18 heavy (non-hydrogen) atoms. The van der Waals surface area contributed by atoms with E-state index in [9.17, 15) is 0 Å². The van der Waals surface area contributed by atoms with Crippen LogP contribution in [0.1, 0.15) is 13.8 Å². The quantitative estimate of drug-likeness (QED) is 0.922. The highest BCUT2D eigenvalue weighted by Gasteiger charge is 2.15. The summed E-state index contributed by atoms with van der Waals surface area (Å²) < 4.78 is 7.88. The Kier molecular flexibility index (Phi) is 4.19. The number of methoxy groups -OCH3 is 1. The van der Waals surface area contributed by atoms with Gasteiger partial charge >= 0.3 is 0 Å². The molecular formula is C12H17BrN4O. The maximum atomic E-state index is 5.20. The summed E-state index contributed by atoms with van der Waals surface area (Å²) in [5.41, 5.74) is 0.805. The maximum absolute atomic E-state index is 5.20. The van der Waals surface area contributed by atoms with Crippen molar-refractivity contribution in [3.63, 3.8) is 0 Å². The van der Waals surface area contributed by atoms with E-state index in [0.717, 1.165) is 10.1 Å². The molecule has 0 bridgehead atoms. The highest BCUT2D eigenvalue weighted by atomic mass is 79.9. The standard InChI is InChI=1S/C12H17BrN4O/c1-8(2)10(7-18-3)14-12-15-11-9(13)5-4-6-17(11)16-12/h4-6,8,10H,7H2,1-3H3,(H,14,16). The van der Waals surface area contributed by atoms with Gasteiger partial charge in [0, 0.05) is 13.3 Å². The Morgan fingerprint density at radius 3 is 2.89 bits per heavy atom. The third kappa shape index (κ3) is 2.81. The molecule has 0 radical (unpaired) electrons. The predicted molar refractivity (Wildman–Crippen MR) is 74.8 cm³/mol. The number of rotatable bonds is 5. The second kappa shape index (κ2) is 5.67. The lowest BCUT2D eigenvalue weighted by atomic mass is 10.1. The monoisotopic (exact) mass is 312 g/mol. The lowest BCUT2D eigenvalue weighted by Gasteiger charge is -2.20. The lowest BCUT2D eigenvalue weighted by Crippen LogP contribution is -2.30. The van der Waals surface area contributed by atoms with Gasteiger partial charge in [0.05, 0.1) is 17.1 Å². The number of halogens is 1. The molecule has 2 aromatic heterocycles. The molecule has 2 rings (SSSR count). The van der Waals surface area contributed by atoms with E-state index in [2.05, 4.69) is 45.2 Å². The van der Waals surface area contributed by atoms with Gasteiger partial charge in [0.25, 0.3) is 0 Å². The van der Waals surface area contributed by atoms with E-state index < -0.39 is 0 Å². The average Bonchev–Trinajstić information content (AvgIpc) is 2.72. The largest absolute Gasteiger partial charge is 0.383 e. The molecule has 2 aromatic rings. The zero-order valence-electron chi connectivity index (χ0n) is 10.7. The number of fused-ring (bicyclic) bond motifs is 1. The van der Waals surface area contributed by atoms with Crippen molar-refractivity contribution in [2.75, 3.05) is 19.0 Å². The summed E-state index contributed by atoms with van der Waals surface area (Å²) in [4.78, 5) is 4.46. The predicted octanol–water partition coefficient (Wildman–Crippen LogP) is 2.57. The molecule has 0 fully saturated rings. The Morgan fingerprint density at radius 2 is 2.28 bits per heavy atom. The van der Waals surface area contributed by atoms with Gasteiger partial charge in [-0.05, 0) is 34.0 Å². The summed E-state index contributed by atoms with van der Waals surface area (Å²) >= 11 is 3.46. The van der Waals surface area contributed by atoms with E-state index in [1.165, 1.54) is 0 Å². The lowest BCUT2D eigenvalue weighted by molar-refractivity contribution is 0.171. The van der Waals surface area contributed by atoms with Crippen molar-refractivity contribution in [3.8, 4) is 0 Å². The third-order valence-corrected chi connectivity index (χ3v) is 3.40. The van der Waals surface area contributed by atoms with Gasteiger partial charge in [0.15, 0.2) is 5.65 Å². The van der Waals surface area contributed by atoms with Gasteiger partial charge in [-0.3, -0.25) is 0 Å². The van der Waals surface area contributed by atoms with E-state index in [-0.39, 0.29) is 6.04 Å². The molecule has 6 heteroatoms. The van der Waals surface area contributed by atoms with Crippen LogP contribution in [0.2, 0.25) is 0 Å².